The van der Waals surface area contributed by atoms with Crippen molar-refractivity contribution in [3.63, 3.8) is 0 Å². The molecule has 74 valence electrons. The van der Waals surface area contributed by atoms with Crippen molar-refractivity contribution >= 4 is 46.5 Å². The van der Waals surface area contributed by atoms with E-state index < -0.39 is 15.5 Å². The number of ketones is 1. The normalized spacial score (nSPS) is 23.8. The first-order chi connectivity index (χ1) is 5.84. The van der Waals surface area contributed by atoms with E-state index in [1.165, 1.54) is 4.90 Å². The fourth-order valence-corrected chi connectivity index (χ4v) is 1.66. The summed E-state index contributed by atoms with van der Waals surface area (Å²) in [5.41, 5.74) is 0. The molecule has 1 fully saturated rings. The lowest BCUT2D eigenvalue weighted by Gasteiger charge is -2.14. The van der Waals surface area contributed by atoms with Crippen LogP contribution in [-0.4, -0.2) is 34.0 Å². The third-order valence-corrected chi connectivity index (χ3v) is 2.58. The molecule has 1 unspecified atom stereocenters. The highest BCUT2D eigenvalue weighted by Crippen LogP contribution is 2.33. The zero-order valence-electron chi connectivity index (χ0n) is 6.89. The Kier molecular flexibility index (Phi) is 3.10. The van der Waals surface area contributed by atoms with Crippen LogP contribution in [0.1, 0.15) is 6.42 Å². The van der Waals surface area contributed by atoms with E-state index in [9.17, 15) is 9.59 Å². The number of amides is 1. The second-order valence-electron chi connectivity index (χ2n) is 2.96. The summed E-state index contributed by atoms with van der Waals surface area (Å²) in [7, 11) is 1.62. The smallest absolute Gasteiger partial charge is 0.249 e. The summed E-state index contributed by atoms with van der Waals surface area (Å²) in [5, 5.41) is 0. The lowest BCUT2D eigenvalue weighted by Crippen LogP contribution is -2.33. The van der Waals surface area contributed by atoms with Gasteiger partial charge >= 0.3 is 0 Å². The average molecular weight is 245 g/mol. The van der Waals surface area contributed by atoms with Crippen molar-refractivity contribution in [2.45, 2.75) is 10.2 Å². The minimum atomic E-state index is -1.98. The minimum absolute atomic E-state index is 0.267. The van der Waals surface area contributed by atoms with Crippen molar-refractivity contribution in [2.24, 2.45) is 5.92 Å². The molecule has 1 atom stereocenters. The van der Waals surface area contributed by atoms with Gasteiger partial charge in [-0.2, -0.15) is 0 Å². The zero-order valence-corrected chi connectivity index (χ0v) is 9.16. The summed E-state index contributed by atoms with van der Waals surface area (Å²) in [6.45, 7) is 0.538. The molecule has 3 nitrogen and oxygen atoms in total. The van der Waals surface area contributed by atoms with Crippen LogP contribution in [-0.2, 0) is 9.59 Å². The Morgan fingerprint density at radius 3 is 2.38 bits per heavy atom. The van der Waals surface area contributed by atoms with Crippen molar-refractivity contribution in [1.29, 1.82) is 0 Å². The second kappa shape index (κ2) is 3.64. The molecule has 13 heavy (non-hydrogen) atoms. The van der Waals surface area contributed by atoms with E-state index in [4.69, 9.17) is 34.8 Å². The van der Waals surface area contributed by atoms with Crippen molar-refractivity contribution in [1.82, 2.24) is 4.90 Å². The highest BCUT2D eigenvalue weighted by atomic mass is 35.6. The minimum Gasteiger partial charge on any atom is -0.345 e. The Balaban J connectivity index is 2.75. The van der Waals surface area contributed by atoms with Crippen molar-refractivity contribution in [2.75, 3.05) is 13.6 Å². The molecule has 0 aliphatic carbocycles. The van der Waals surface area contributed by atoms with Gasteiger partial charge in [-0.05, 0) is 6.42 Å². The average Bonchev–Trinajstić information content (AvgIpc) is 2.30. The molecule has 0 saturated carbocycles. The molecular formula is C7H8Cl3NO2. The summed E-state index contributed by atoms with van der Waals surface area (Å²) in [5.74, 6) is -1.68. The van der Waals surface area contributed by atoms with E-state index in [0.717, 1.165) is 0 Å². The second-order valence-corrected chi connectivity index (χ2v) is 5.24. The molecule has 1 heterocycles. The summed E-state index contributed by atoms with van der Waals surface area (Å²) >= 11 is 16.2. The first-order valence-corrected chi connectivity index (χ1v) is 4.83. The first kappa shape index (κ1) is 11.1. The monoisotopic (exact) mass is 243 g/mol. The highest BCUT2D eigenvalue weighted by molar-refractivity contribution is 6.76. The summed E-state index contributed by atoms with van der Waals surface area (Å²) in [6.07, 6.45) is 0.433. The maximum atomic E-state index is 11.4. The molecule has 1 aliphatic heterocycles. The van der Waals surface area contributed by atoms with Crippen LogP contribution in [0.2, 0.25) is 0 Å². The van der Waals surface area contributed by atoms with Crippen LogP contribution in [0.3, 0.4) is 0 Å². The first-order valence-electron chi connectivity index (χ1n) is 3.70. The molecule has 0 aromatic heterocycles. The van der Waals surface area contributed by atoms with E-state index in [2.05, 4.69) is 0 Å². The molecule has 0 bridgehead atoms. The number of Topliss-reactive ketones (excluding diaryl/α,β-unsaturated/α-hetero) is 1. The number of carbonyl (C=O) groups excluding carboxylic acids is 2. The van der Waals surface area contributed by atoms with E-state index in [-0.39, 0.29) is 5.91 Å². The predicted octanol–water partition coefficient (Wildman–Crippen LogP) is 1.40. The van der Waals surface area contributed by atoms with E-state index >= 15 is 0 Å². The van der Waals surface area contributed by atoms with Gasteiger partial charge in [-0.25, -0.2) is 0 Å². The van der Waals surface area contributed by atoms with Crippen LogP contribution >= 0.6 is 34.8 Å². The largest absolute Gasteiger partial charge is 0.345 e. The number of hydrogen-bond donors (Lipinski definition) is 0. The molecular weight excluding hydrogens is 236 g/mol. The molecule has 6 heteroatoms. The number of carbonyl (C=O) groups is 2. The molecule has 0 radical (unpaired) electrons. The van der Waals surface area contributed by atoms with Crippen LogP contribution in [0, 0.1) is 5.92 Å². The number of rotatable bonds is 1. The fraction of sp³-hybridized carbons (Fsp3) is 0.714. The Hall–Kier alpha value is 0.01000. The van der Waals surface area contributed by atoms with Crippen LogP contribution < -0.4 is 0 Å². The Morgan fingerprint density at radius 1 is 1.54 bits per heavy atom. The topological polar surface area (TPSA) is 37.4 Å². The predicted molar refractivity (Wildman–Crippen MR) is 51.0 cm³/mol. The van der Waals surface area contributed by atoms with Crippen LogP contribution in [0.15, 0.2) is 0 Å². The summed E-state index contributed by atoms with van der Waals surface area (Å²) in [6, 6.07) is 0. The number of hydrogen-bond acceptors (Lipinski definition) is 2. The third-order valence-electron chi connectivity index (χ3n) is 2.02. The van der Waals surface area contributed by atoms with E-state index in [0.29, 0.717) is 13.0 Å². The molecule has 1 rings (SSSR count). The van der Waals surface area contributed by atoms with Gasteiger partial charge in [0.2, 0.25) is 9.70 Å². The summed E-state index contributed by atoms with van der Waals surface area (Å²) < 4.78 is -1.98. The standard InChI is InChI=1S/C7H8Cl3NO2/c1-11-3-2-4(6(11)13)5(12)7(8,9)10/h4H,2-3H2,1H3. The van der Waals surface area contributed by atoms with E-state index in [1.54, 1.807) is 7.05 Å². The van der Waals surface area contributed by atoms with Gasteiger partial charge in [0.15, 0.2) is 5.78 Å². The van der Waals surface area contributed by atoms with Crippen LogP contribution in [0.5, 0.6) is 0 Å². The van der Waals surface area contributed by atoms with Crippen molar-refractivity contribution < 1.29 is 9.59 Å². The lowest BCUT2D eigenvalue weighted by molar-refractivity contribution is -0.135. The molecule has 0 aromatic rings. The van der Waals surface area contributed by atoms with Crippen molar-refractivity contribution in [3.8, 4) is 0 Å². The van der Waals surface area contributed by atoms with Gasteiger partial charge in [-0.1, -0.05) is 34.8 Å². The molecule has 0 aromatic carbocycles. The SMILES string of the molecule is CN1CCC(C(=O)C(Cl)(Cl)Cl)C1=O. The molecule has 1 saturated heterocycles. The van der Waals surface area contributed by atoms with Gasteiger partial charge in [0.05, 0.1) is 0 Å². The van der Waals surface area contributed by atoms with Gasteiger partial charge in [0, 0.05) is 13.6 Å². The fourth-order valence-electron chi connectivity index (χ4n) is 1.26. The highest BCUT2D eigenvalue weighted by Gasteiger charge is 2.43. The van der Waals surface area contributed by atoms with Gasteiger partial charge in [-0.3, -0.25) is 9.59 Å². The Morgan fingerprint density at radius 2 is 2.08 bits per heavy atom. The third kappa shape index (κ3) is 2.27. The van der Waals surface area contributed by atoms with Gasteiger partial charge in [0.1, 0.15) is 5.92 Å². The molecule has 1 amide bonds. The number of likely N-dealkylation sites (tertiary alicyclic amines) is 1. The van der Waals surface area contributed by atoms with Gasteiger partial charge in [-0.15, -0.1) is 0 Å². The quantitative estimate of drug-likeness (QED) is 0.516. The maximum Gasteiger partial charge on any atom is 0.249 e. The molecule has 1 aliphatic rings. The van der Waals surface area contributed by atoms with E-state index in [1.807, 2.05) is 0 Å². The van der Waals surface area contributed by atoms with Crippen molar-refractivity contribution in [3.05, 3.63) is 0 Å². The van der Waals surface area contributed by atoms with Gasteiger partial charge < -0.3 is 4.90 Å². The zero-order chi connectivity index (χ0) is 10.2. The lowest BCUT2D eigenvalue weighted by atomic mass is 10.0. The molecule has 0 N–H and O–H groups in total. The summed E-state index contributed by atoms with van der Waals surface area (Å²) in [4.78, 5) is 24.2. The van der Waals surface area contributed by atoms with Crippen LogP contribution in [0.4, 0.5) is 0 Å². The number of alkyl halides is 3. The Labute approximate surface area is 90.9 Å². The maximum absolute atomic E-state index is 11.4. The van der Waals surface area contributed by atoms with Gasteiger partial charge in [0.25, 0.3) is 0 Å². The molecule has 0 spiro atoms. The Bertz CT molecular complexity index is 249. The van der Waals surface area contributed by atoms with Crippen LogP contribution in [0.25, 0.3) is 0 Å². The number of nitrogens with zero attached hydrogens (tertiary/aromatic N) is 1. The number of halogens is 3.